The van der Waals surface area contributed by atoms with Gasteiger partial charge in [-0.3, -0.25) is 4.79 Å². The van der Waals surface area contributed by atoms with Gasteiger partial charge >= 0.3 is 5.97 Å². The first-order valence-electron chi connectivity index (χ1n) is 7.12. The highest BCUT2D eigenvalue weighted by atomic mass is 19.1. The second-order valence-electron chi connectivity index (χ2n) is 5.14. The highest BCUT2D eigenvalue weighted by molar-refractivity contribution is 5.84. The van der Waals surface area contributed by atoms with Crippen molar-refractivity contribution in [3.8, 4) is 22.3 Å². The van der Waals surface area contributed by atoms with E-state index in [2.05, 4.69) is 9.97 Å². The van der Waals surface area contributed by atoms with Crippen LogP contribution in [0.4, 0.5) is 8.78 Å². The Kier molecular flexibility index (Phi) is 4.29. The molecule has 1 N–H and O–H groups in total. The van der Waals surface area contributed by atoms with E-state index in [1.807, 2.05) is 0 Å². The molecule has 2 heterocycles. The molecule has 0 spiro atoms. The molecule has 3 rings (SSSR count). The smallest absolute Gasteiger partial charge is 0.307 e. The van der Waals surface area contributed by atoms with Gasteiger partial charge in [0.05, 0.1) is 6.42 Å². The number of pyridine rings is 2. The number of carboxylic acid groups (broad SMARTS) is 1. The molecular formula is C18H12F2N2O2. The highest BCUT2D eigenvalue weighted by Gasteiger charge is 2.15. The Morgan fingerprint density at radius 1 is 0.917 bits per heavy atom. The molecule has 0 unspecified atom stereocenters. The van der Waals surface area contributed by atoms with Gasteiger partial charge in [0.2, 0.25) is 11.9 Å². The van der Waals surface area contributed by atoms with Gasteiger partial charge in [-0.05, 0) is 39.9 Å². The maximum absolute atomic E-state index is 13.4. The molecule has 0 atom stereocenters. The number of halogens is 2. The molecule has 24 heavy (non-hydrogen) atoms. The van der Waals surface area contributed by atoms with E-state index in [0.29, 0.717) is 27.8 Å². The van der Waals surface area contributed by atoms with Crippen molar-refractivity contribution in [2.75, 3.05) is 0 Å². The summed E-state index contributed by atoms with van der Waals surface area (Å²) in [6, 6.07) is 10.8. The van der Waals surface area contributed by atoms with Crippen molar-refractivity contribution in [1.29, 1.82) is 0 Å². The van der Waals surface area contributed by atoms with Crippen LogP contribution < -0.4 is 0 Å². The van der Waals surface area contributed by atoms with E-state index in [1.165, 1.54) is 24.5 Å². The van der Waals surface area contributed by atoms with E-state index >= 15 is 0 Å². The van der Waals surface area contributed by atoms with E-state index in [0.717, 1.165) is 0 Å². The predicted molar refractivity (Wildman–Crippen MR) is 84.2 cm³/mol. The maximum Gasteiger partial charge on any atom is 0.307 e. The molecule has 0 aliphatic carbocycles. The first-order chi connectivity index (χ1) is 11.5. The molecule has 4 nitrogen and oxygen atoms in total. The van der Waals surface area contributed by atoms with Crippen LogP contribution in [0.2, 0.25) is 0 Å². The third-order valence-electron chi connectivity index (χ3n) is 3.58. The molecule has 0 saturated carbocycles. The number of rotatable bonds is 4. The van der Waals surface area contributed by atoms with Crippen LogP contribution >= 0.6 is 0 Å². The molecule has 0 bridgehead atoms. The monoisotopic (exact) mass is 326 g/mol. The second-order valence-corrected chi connectivity index (χ2v) is 5.14. The zero-order valence-electron chi connectivity index (χ0n) is 12.4. The van der Waals surface area contributed by atoms with E-state index in [9.17, 15) is 18.7 Å². The van der Waals surface area contributed by atoms with E-state index < -0.39 is 17.9 Å². The molecule has 0 aliphatic heterocycles. The molecule has 0 amide bonds. The average Bonchev–Trinajstić information content (AvgIpc) is 2.54. The minimum absolute atomic E-state index is 0.278. The summed E-state index contributed by atoms with van der Waals surface area (Å²) in [5.74, 6) is -2.35. The number of benzene rings is 1. The second kappa shape index (κ2) is 6.54. The molecule has 0 aliphatic rings. The average molecular weight is 326 g/mol. The highest BCUT2D eigenvalue weighted by Crippen LogP contribution is 2.33. The molecule has 0 fully saturated rings. The molecular weight excluding hydrogens is 314 g/mol. The van der Waals surface area contributed by atoms with Crippen LogP contribution in [0.5, 0.6) is 0 Å². The fourth-order valence-electron chi connectivity index (χ4n) is 2.61. The summed E-state index contributed by atoms with van der Waals surface area (Å²) in [5.41, 5.74) is 2.62. The summed E-state index contributed by atoms with van der Waals surface area (Å²) < 4.78 is 26.9. The van der Waals surface area contributed by atoms with Crippen molar-refractivity contribution in [3.05, 3.63) is 72.3 Å². The summed E-state index contributed by atoms with van der Waals surface area (Å²) >= 11 is 0. The molecule has 2 aromatic heterocycles. The molecule has 120 valence electrons. The van der Waals surface area contributed by atoms with Gasteiger partial charge in [-0.2, -0.15) is 8.78 Å². The number of hydrogen-bond donors (Lipinski definition) is 1. The van der Waals surface area contributed by atoms with Crippen LogP contribution in [0.3, 0.4) is 0 Å². The van der Waals surface area contributed by atoms with Gasteiger partial charge in [0.25, 0.3) is 0 Å². The number of aromatic nitrogens is 2. The SMILES string of the molecule is O=C(O)Cc1c(-c2ccnc(F)c2)cccc1-c1ccnc(F)c1. The fourth-order valence-corrected chi connectivity index (χ4v) is 2.61. The van der Waals surface area contributed by atoms with Gasteiger partial charge in [0, 0.05) is 24.5 Å². The third kappa shape index (κ3) is 3.27. The number of carbonyl (C=O) groups is 1. The lowest BCUT2D eigenvalue weighted by molar-refractivity contribution is -0.136. The van der Waals surface area contributed by atoms with Crippen molar-refractivity contribution in [3.63, 3.8) is 0 Å². The molecule has 0 radical (unpaired) electrons. The zero-order chi connectivity index (χ0) is 17.1. The molecule has 6 heteroatoms. The normalized spacial score (nSPS) is 10.6. The minimum atomic E-state index is -1.03. The van der Waals surface area contributed by atoms with Crippen LogP contribution in [0, 0.1) is 11.9 Å². The van der Waals surface area contributed by atoms with Crippen LogP contribution in [-0.4, -0.2) is 21.0 Å². The number of carboxylic acids is 1. The Morgan fingerprint density at radius 2 is 1.42 bits per heavy atom. The van der Waals surface area contributed by atoms with Crippen molar-refractivity contribution < 1.29 is 18.7 Å². The largest absolute Gasteiger partial charge is 0.481 e. The molecule has 0 saturated heterocycles. The van der Waals surface area contributed by atoms with Crippen LogP contribution in [0.1, 0.15) is 5.56 Å². The minimum Gasteiger partial charge on any atom is -0.481 e. The van der Waals surface area contributed by atoms with E-state index in [4.69, 9.17) is 0 Å². The Bertz CT molecular complexity index is 849. The lowest BCUT2D eigenvalue weighted by Crippen LogP contribution is -2.04. The Hall–Kier alpha value is -3.15. The zero-order valence-corrected chi connectivity index (χ0v) is 12.4. The third-order valence-corrected chi connectivity index (χ3v) is 3.58. The van der Waals surface area contributed by atoms with E-state index in [1.54, 1.807) is 30.3 Å². The first-order valence-corrected chi connectivity index (χ1v) is 7.12. The number of aliphatic carboxylic acids is 1. The van der Waals surface area contributed by atoms with Gasteiger partial charge in [0.1, 0.15) is 0 Å². The summed E-state index contributed by atoms with van der Waals surface area (Å²) in [4.78, 5) is 18.3. The lowest BCUT2D eigenvalue weighted by Gasteiger charge is -2.14. The standard InChI is InChI=1S/C18H12F2N2O2/c19-16-8-11(4-6-21-16)13-2-1-3-14(15(13)10-18(23)24)12-5-7-22-17(20)9-12/h1-9H,10H2,(H,23,24). The predicted octanol–water partition coefficient (Wildman–Crippen LogP) is 3.72. The Morgan fingerprint density at radius 3 is 1.83 bits per heavy atom. The van der Waals surface area contributed by atoms with Crippen molar-refractivity contribution >= 4 is 5.97 Å². The number of hydrogen-bond acceptors (Lipinski definition) is 3. The fraction of sp³-hybridized carbons (Fsp3) is 0.0556. The van der Waals surface area contributed by atoms with E-state index in [-0.39, 0.29) is 6.42 Å². The number of nitrogens with zero attached hydrogens (tertiary/aromatic N) is 2. The van der Waals surface area contributed by atoms with Gasteiger partial charge in [-0.1, -0.05) is 18.2 Å². The summed E-state index contributed by atoms with van der Waals surface area (Å²) in [6.07, 6.45) is 2.35. The summed E-state index contributed by atoms with van der Waals surface area (Å²) in [5, 5.41) is 9.25. The Balaban J connectivity index is 2.23. The van der Waals surface area contributed by atoms with Crippen molar-refractivity contribution in [2.24, 2.45) is 0 Å². The van der Waals surface area contributed by atoms with Gasteiger partial charge in [0.15, 0.2) is 0 Å². The topological polar surface area (TPSA) is 63.1 Å². The Labute approximate surface area is 136 Å². The van der Waals surface area contributed by atoms with Crippen molar-refractivity contribution in [1.82, 2.24) is 9.97 Å². The van der Waals surface area contributed by atoms with Crippen LogP contribution in [0.25, 0.3) is 22.3 Å². The summed E-state index contributed by atoms with van der Waals surface area (Å²) in [6.45, 7) is 0. The maximum atomic E-state index is 13.4. The summed E-state index contributed by atoms with van der Waals surface area (Å²) in [7, 11) is 0. The molecule has 1 aromatic carbocycles. The lowest BCUT2D eigenvalue weighted by atomic mass is 9.90. The van der Waals surface area contributed by atoms with Crippen molar-refractivity contribution in [2.45, 2.75) is 6.42 Å². The van der Waals surface area contributed by atoms with Crippen LogP contribution in [-0.2, 0) is 11.2 Å². The van der Waals surface area contributed by atoms with Gasteiger partial charge < -0.3 is 5.11 Å². The molecule has 3 aromatic rings. The van der Waals surface area contributed by atoms with Gasteiger partial charge in [-0.25, -0.2) is 9.97 Å². The quantitative estimate of drug-likeness (QED) is 0.742. The first kappa shape index (κ1) is 15.7. The van der Waals surface area contributed by atoms with Gasteiger partial charge in [-0.15, -0.1) is 0 Å². The van der Waals surface area contributed by atoms with Crippen LogP contribution in [0.15, 0.2) is 54.9 Å².